The molecule has 1 aromatic rings. The summed E-state index contributed by atoms with van der Waals surface area (Å²) in [6.07, 6.45) is 2.19. The number of nitrogens with one attached hydrogen (secondary N) is 1. The average molecular weight is 265 g/mol. The Bertz CT molecular complexity index is 500. The van der Waals surface area contributed by atoms with Crippen molar-refractivity contribution in [3.63, 3.8) is 0 Å². The summed E-state index contributed by atoms with van der Waals surface area (Å²) in [6.45, 7) is 10.3. The van der Waals surface area contributed by atoms with E-state index in [0.717, 1.165) is 5.01 Å². The molecule has 0 radical (unpaired) electrons. The number of aromatic nitrogens is 2. The zero-order valence-corrected chi connectivity index (χ0v) is 12.3. The van der Waals surface area contributed by atoms with Crippen LogP contribution in [-0.4, -0.2) is 16.1 Å². The number of amides is 1. The number of nitrogens with zero attached hydrogens (tertiary/aromatic N) is 2. The quantitative estimate of drug-likeness (QED) is 0.855. The maximum absolute atomic E-state index is 12.2. The van der Waals surface area contributed by atoms with Crippen LogP contribution in [0.5, 0.6) is 0 Å². The van der Waals surface area contributed by atoms with Gasteiger partial charge < -0.3 is 5.32 Å². The molecule has 0 unspecified atom stereocenters. The van der Waals surface area contributed by atoms with Crippen LogP contribution in [0.3, 0.4) is 0 Å². The van der Waals surface area contributed by atoms with Gasteiger partial charge in [-0.25, -0.2) is 0 Å². The van der Waals surface area contributed by atoms with Crippen molar-refractivity contribution in [1.29, 1.82) is 0 Å². The lowest BCUT2D eigenvalue weighted by atomic mass is 10.1. The van der Waals surface area contributed by atoms with Crippen LogP contribution in [0.25, 0.3) is 0 Å². The predicted octanol–water partition coefficient (Wildman–Crippen LogP) is 3.02. The molecule has 18 heavy (non-hydrogen) atoms. The Morgan fingerprint density at radius 3 is 2.56 bits per heavy atom. The molecule has 5 heteroatoms. The highest BCUT2D eigenvalue weighted by atomic mass is 32.1. The van der Waals surface area contributed by atoms with Gasteiger partial charge in [0.1, 0.15) is 5.01 Å². The van der Waals surface area contributed by atoms with E-state index in [-0.39, 0.29) is 17.2 Å². The lowest BCUT2D eigenvalue weighted by Crippen LogP contribution is -2.16. The lowest BCUT2D eigenvalue weighted by Gasteiger charge is -2.01. The topological polar surface area (TPSA) is 54.9 Å². The van der Waals surface area contributed by atoms with Crippen molar-refractivity contribution in [2.24, 2.45) is 17.3 Å². The highest BCUT2D eigenvalue weighted by Gasteiger charge is 2.60. The van der Waals surface area contributed by atoms with Crippen molar-refractivity contribution >= 4 is 22.4 Å². The molecule has 0 aromatic carbocycles. The van der Waals surface area contributed by atoms with Gasteiger partial charge in [0.05, 0.1) is 5.92 Å². The van der Waals surface area contributed by atoms with Gasteiger partial charge in [-0.3, -0.25) is 4.79 Å². The molecule has 2 rings (SSSR count). The Kier molecular flexibility index (Phi) is 3.27. The molecule has 1 saturated carbocycles. The minimum Gasteiger partial charge on any atom is -0.300 e. The van der Waals surface area contributed by atoms with Gasteiger partial charge in [0.25, 0.3) is 0 Å². The number of carbonyl (C=O) groups is 1. The molecule has 1 heterocycles. The average Bonchev–Trinajstić information content (AvgIpc) is 2.56. The fourth-order valence-electron chi connectivity index (χ4n) is 2.38. The molecule has 1 aliphatic rings. The highest BCUT2D eigenvalue weighted by Crippen LogP contribution is 2.59. The van der Waals surface area contributed by atoms with Gasteiger partial charge in [-0.05, 0) is 32.1 Å². The van der Waals surface area contributed by atoms with Crippen molar-refractivity contribution in [2.45, 2.75) is 34.6 Å². The van der Waals surface area contributed by atoms with Gasteiger partial charge in [-0.2, -0.15) is 0 Å². The summed E-state index contributed by atoms with van der Waals surface area (Å²) in [6, 6.07) is 0. The maximum atomic E-state index is 12.2. The summed E-state index contributed by atoms with van der Waals surface area (Å²) in [4.78, 5) is 12.2. The first kappa shape index (κ1) is 13.2. The number of hydrogen-bond acceptors (Lipinski definition) is 4. The lowest BCUT2D eigenvalue weighted by molar-refractivity contribution is -0.118. The van der Waals surface area contributed by atoms with Gasteiger partial charge in [0.2, 0.25) is 11.0 Å². The van der Waals surface area contributed by atoms with Crippen LogP contribution in [0.2, 0.25) is 0 Å². The second-order valence-electron chi connectivity index (χ2n) is 5.68. The third-order valence-electron chi connectivity index (χ3n) is 3.46. The van der Waals surface area contributed by atoms with Crippen molar-refractivity contribution < 1.29 is 4.79 Å². The highest BCUT2D eigenvalue weighted by molar-refractivity contribution is 7.15. The second kappa shape index (κ2) is 4.46. The fourth-order valence-corrected chi connectivity index (χ4v) is 2.97. The summed E-state index contributed by atoms with van der Waals surface area (Å²) in [5.41, 5.74) is 1.30. The zero-order valence-electron chi connectivity index (χ0n) is 11.4. The number of hydrogen-bond donors (Lipinski definition) is 1. The largest absolute Gasteiger partial charge is 0.300 e. The van der Waals surface area contributed by atoms with Gasteiger partial charge >= 0.3 is 0 Å². The van der Waals surface area contributed by atoms with E-state index in [4.69, 9.17) is 0 Å². The molecule has 0 saturated heterocycles. The van der Waals surface area contributed by atoms with Crippen LogP contribution >= 0.6 is 11.3 Å². The van der Waals surface area contributed by atoms with Gasteiger partial charge in [0, 0.05) is 0 Å². The molecule has 0 bridgehead atoms. The molecule has 4 nitrogen and oxygen atoms in total. The molecular weight excluding hydrogens is 246 g/mol. The van der Waals surface area contributed by atoms with Crippen molar-refractivity contribution in [3.05, 3.63) is 16.7 Å². The normalized spacial score (nSPS) is 24.5. The summed E-state index contributed by atoms with van der Waals surface area (Å²) in [7, 11) is 0. The minimum absolute atomic E-state index is 0.0385. The smallest absolute Gasteiger partial charge is 0.230 e. The van der Waals surface area contributed by atoms with Crippen LogP contribution in [0.15, 0.2) is 11.6 Å². The first-order valence-electron chi connectivity index (χ1n) is 6.08. The van der Waals surface area contributed by atoms with Gasteiger partial charge in [-0.1, -0.05) is 36.8 Å². The van der Waals surface area contributed by atoms with Gasteiger partial charge in [-0.15, -0.1) is 10.2 Å². The number of carbonyl (C=O) groups excluding carboxylic acids is 1. The molecule has 1 aliphatic carbocycles. The van der Waals surface area contributed by atoms with Crippen LogP contribution in [-0.2, 0) is 4.79 Å². The Balaban J connectivity index is 2.05. The minimum atomic E-state index is 0.0385. The van der Waals surface area contributed by atoms with Crippen LogP contribution in [0.1, 0.15) is 32.7 Å². The van der Waals surface area contributed by atoms with E-state index in [0.29, 0.717) is 11.0 Å². The fraction of sp³-hybridized carbons (Fsp3) is 0.615. The predicted molar refractivity (Wildman–Crippen MR) is 73.5 cm³/mol. The summed E-state index contributed by atoms with van der Waals surface area (Å²) >= 11 is 1.41. The molecule has 1 N–H and O–H groups in total. The van der Waals surface area contributed by atoms with Crippen molar-refractivity contribution in [2.75, 3.05) is 5.32 Å². The molecule has 98 valence electrons. The first-order valence-corrected chi connectivity index (χ1v) is 6.90. The SMILES string of the molecule is CC(C)=C[C@H]1[C@@H](C(=O)Nc2nnc(C)s2)C1(C)C. The molecule has 0 aliphatic heterocycles. The molecular formula is C13H19N3OS. The van der Waals surface area contributed by atoms with E-state index in [1.165, 1.54) is 16.9 Å². The molecule has 1 fully saturated rings. The molecule has 1 amide bonds. The monoisotopic (exact) mass is 265 g/mol. The third kappa shape index (κ3) is 2.46. The molecule has 0 spiro atoms. The van der Waals surface area contributed by atoms with Crippen LogP contribution < -0.4 is 5.32 Å². The summed E-state index contributed by atoms with van der Waals surface area (Å²) < 4.78 is 0. The van der Waals surface area contributed by atoms with Gasteiger partial charge in [0.15, 0.2) is 0 Å². The van der Waals surface area contributed by atoms with E-state index in [9.17, 15) is 4.79 Å². The zero-order chi connectivity index (χ0) is 13.5. The number of allylic oxidation sites excluding steroid dienone is 2. The number of aryl methyl sites for hydroxylation is 1. The summed E-state index contributed by atoms with van der Waals surface area (Å²) in [5, 5.41) is 12.1. The third-order valence-corrected chi connectivity index (χ3v) is 4.22. The Labute approximate surface area is 112 Å². The van der Waals surface area contributed by atoms with E-state index >= 15 is 0 Å². The number of rotatable bonds is 3. The van der Waals surface area contributed by atoms with E-state index in [1.54, 1.807) is 0 Å². The van der Waals surface area contributed by atoms with Crippen LogP contribution in [0, 0.1) is 24.2 Å². The molecule has 1 aromatic heterocycles. The van der Waals surface area contributed by atoms with Crippen molar-refractivity contribution in [1.82, 2.24) is 10.2 Å². The van der Waals surface area contributed by atoms with E-state index in [1.807, 2.05) is 6.92 Å². The number of anilines is 1. The maximum Gasteiger partial charge on any atom is 0.230 e. The van der Waals surface area contributed by atoms with E-state index in [2.05, 4.69) is 49.3 Å². The second-order valence-corrected chi connectivity index (χ2v) is 6.87. The van der Waals surface area contributed by atoms with Crippen molar-refractivity contribution in [3.8, 4) is 0 Å². The van der Waals surface area contributed by atoms with E-state index < -0.39 is 0 Å². The Hall–Kier alpha value is -1.23. The van der Waals surface area contributed by atoms with Crippen LogP contribution in [0.4, 0.5) is 5.13 Å². The molecule has 2 atom stereocenters. The standard InChI is InChI=1S/C13H19N3OS/c1-7(2)6-9-10(13(9,4)5)11(17)14-12-16-15-8(3)18-12/h6,9-10H,1-5H3,(H,14,16,17)/t9-,10-/m0/s1. The Morgan fingerprint density at radius 2 is 2.06 bits per heavy atom. The summed E-state index contributed by atoms with van der Waals surface area (Å²) in [5.74, 6) is 0.423. The first-order chi connectivity index (χ1) is 8.32. The Morgan fingerprint density at radius 1 is 1.39 bits per heavy atom.